The second kappa shape index (κ2) is 6.24. The molecule has 3 rings (SSSR count). The highest BCUT2D eigenvalue weighted by Crippen LogP contribution is 2.34. The smallest absolute Gasteiger partial charge is 0.0966 e. The topological polar surface area (TPSA) is 24.4 Å². The Morgan fingerprint density at radius 3 is 2.61 bits per heavy atom. The number of nitrogens with one attached hydrogen (secondary N) is 1. The predicted octanol–water partition coefficient (Wildman–Crippen LogP) is 3.53. The van der Waals surface area contributed by atoms with E-state index in [9.17, 15) is 0 Å². The Kier molecular flexibility index (Phi) is 4.65. The normalized spacial score (nSPS) is 26.6. The van der Waals surface area contributed by atoms with Gasteiger partial charge in [-0.25, -0.2) is 0 Å². The van der Waals surface area contributed by atoms with E-state index < -0.39 is 0 Å². The van der Waals surface area contributed by atoms with Gasteiger partial charge in [0.15, 0.2) is 0 Å². The van der Waals surface area contributed by atoms with Crippen LogP contribution in [-0.2, 0) is 0 Å². The van der Waals surface area contributed by atoms with Crippen LogP contribution in [0.15, 0.2) is 35.3 Å². The number of hydrogen-bond acceptors (Lipinski definition) is 2. The summed E-state index contributed by atoms with van der Waals surface area (Å²) in [5.41, 5.74) is 1.49. The fourth-order valence-electron chi connectivity index (χ4n) is 3.10. The van der Waals surface area contributed by atoms with Crippen molar-refractivity contribution in [3.8, 4) is 0 Å². The molecule has 0 saturated heterocycles. The van der Waals surface area contributed by atoms with Crippen LogP contribution in [0.5, 0.6) is 0 Å². The first kappa shape index (κ1) is 13.4. The molecule has 0 unspecified atom stereocenters. The molecule has 1 fully saturated rings. The Balaban J connectivity index is 0.00000120. The van der Waals surface area contributed by atoms with Gasteiger partial charge in [0.2, 0.25) is 0 Å². The molecular formula is C15H21ClN2. The molecule has 2 aliphatic rings. The average Bonchev–Trinajstić information content (AvgIpc) is 3.02. The molecule has 1 saturated carbocycles. The summed E-state index contributed by atoms with van der Waals surface area (Å²) in [5.74, 6) is 1.93. The summed E-state index contributed by atoms with van der Waals surface area (Å²) in [7, 11) is 0. The lowest BCUT2D eigenvalue weighted by Crippen LogP contribution is -2.35. The SMILES string of the molecule is Cl.c1ccc([C@H]2CCC[C@H]2NC2=NCCC2)cc1. The van der Waals surface area contributed by atoms with Crippen LogP contribution in [0.25, 0.3) is 0 Å². The standard InChI is InChI=1S/C15H20N2.ClH/c1-2-6-12(7-3-1)13-8-4-9-14(13)17-15-10-5-11-16-15;/h1-3,6-7,13-14H,4-5,8-11H2,(H,16,17);1H/t13-,14-;/m1./s1. The van der Waals surface area contributed by atoms with Crippen LogP contribution in [0, 0.1) is 0 Å². The quantitative estimate of drug-likeness (QED) is 0.868. The maximum absolute atomic E-state index is 4.53. The molecule has 0 amide bonds. The van der Waals surface area contributed by atoms with E-state index in [0.717, 1.165) is 13.0 Å². The van der Waals surface area contributed by atoms with Gasteiger partial charge >= 0.3 is 0 Å². The first-order valence-corrected chi connectivity index (χ1v) is 6.78. The minimum Gasteiger partial charge on any atom is -0.370 e. The fraction of sp³-hybridized carbons (Fsp3) is 0.533. The van der Waals surface area contributed by atoms with Crippen molar-refractivity contribution in [1.29, 1.82) is 0 Å². The number of aliphatic imine (C=N–C) groups is 1. The molecule has 0 bridgehead atoms. The molecule has 2 nitrogen and oxygen atoms in total. The third kappa shape index (κ3) is 2.86. The summed E-state index contributed by atoms with van der Waals surface area (Å²) in [5, 5.41) is 3.68. The zero-order valence-electron chi connectivity index (χ0n) is 10.6. The molecule has 1 aromatic carbocycles. The second-order valence-corrected chi connectivity index (χ2v) is 5.13. The first-order chi connectivity index (χ1) is 8.43. The van der Waals surface area contributed by atoms with Gasteiger partial charge in [0.05, 0.1) is 5.84 Å². The lowest BCUT2D eigenvalue weighted by Gasteiger charge is -2.22. The summed E-state index contributed by atoms with van der Waals surface area (Å²) in [6.07, 6.45) is 6.32. The van der Waals surface area contributed by atoms with E-state index in [4.69, 9.17) is 0 Å². The van der Waals surface area contributed by atoms with Gasteiger partial charge in [-0.3, -0.25) is 4.99 Å². The van der Waals surface area contributed by atoms with Crippen molar-refractivity contribution in [3.05, 3.63) is 35.9 Å². The highest BCUT2D eigenvalue weighted by Gasteiger charge is 2.29. The first-order valence-electron chi connectivity index (χ1n) is 6.78. The lowest BCUT2D eigenvalue weighted by atomic mass is 9.94. The maximum atomic E-state index is 4.53. The Morgan fingerprint density at radius 1 is 1.06 bits per heavy atom. The highest BCUT2D eigenvalue weighted by atomic mass is 35.5. The third-order valence-corrected chi connectivity index (χ3v) is 3.97. The van der Waals surface area contributed by atoms with Crippen molar-refractivity contribution in [3.63, 3.8) is 0 Å². The van der Waals surface area contributed by atoms with Gasteiger partial charge < -0.3 is 5.32 Å². The number of nitrogens with zero attached hydrogens (tertiary/aromatic N) is 1. The number of benzene rings is 1. The number of halogens is 1. The largest absolute Gasteiger partial charge is 0.370 e. The lowest BCUT2D eigenvalue weighted by molar-refractivity contribution is 0.556. The molecule has 0 aromatic heterocycles. The predicted molar refractivity (Wildman–Crippen MR) is 78.7 cm³/mol. The molecule has 98 valence electrons. The Labute approximate surface area is 115 Å². The molecule has 0 spiro atoms. The number of amidine groups is 1. The van der Waals surface area contributed by atoms with E-state index >= 15 is 0 Å². The van der Waals surface area contributed by atoms with Crippen LogP contribution in [0.2, 0.25) is 0 Å². The second-order valence-electron chi connectivity index (χ2n) is 5.13. The van der Waals surface area contributed by atoms with E-state index in [1.165, 1.54) is 37.1 Å². The number of rotatable bonds is 2. The molecule has 0 radical (unpaired) electrons. The highest BCUT2D eigenvalue weighted by molar-refractivity contribution is 5.85. The summed E-state index contributed by atoms with van der Waals surface area (Å²) in [6.45, 7) is 1.02. The van der Waals surface area contributed by atoms with E-state index in [0.29, 0.717) is 12.0 Å². The van der Waals surface area contributed by atoms with Crippen molar-refractivity contribution in [2.24, 2.45) is 4.99 Å². The molecule has 18 heavy (non-hydrogen) atoms. The van der Waals surface area contributed by atoms with Gasteiger partial charge in [0.25, 0.3) is 0 Å². The summed E-state index contributed by atoms with van der Waals surface area (Å²) in [4.78, 5) is 4.53. The molecular weight excluding hydrogens is 244 g/mol. The summed E-state index contributed by atoms with van der Waals surface area (Å²) in [6, 6.07) is 11.5. The van der Waals surface area contributed by atoms with Crippen LogP contribution in [0.1, 0.15) is 43.6 Å². The van der Waals surface area contributed by atoms with Gasteiger partial charge in [0.1, 0.15) is 0 Å². The van der Waals surface area contributed by atoms with Gasteiger partial charge in [0, 0.05) is 24.9 Å². The molecule has 1 aliphatic heterocycles. The van der Waals surface area contributed by atoms with Crippen molar-refractivity contribution >= 4 is 18.2 Å². The fourth-order valence-corrected chi connectivity index (χ4v) is 3.10. The van der Waals surface area contributed by atoms with Crippen LogP contribution < -0.4 is 5.32 Å². The van der Waals surface area contributed by atoms with Crippen LogP contribution in [0.4, 0.5) is 0 Å². The molecule has 2 atom stereocenters. The van der Waals surface area contributed by atoms with E-state index in [2.05, 4.69) is 40.6 Å². The zero-order chi connectivity index (χ0) is 11.5. The van der Waals surface area contributed by atoms with E-state index in [1.54, 1.807) is 0 Å². The van der Waals surface area contributed by atoms with Crippen molar-refractivity contribution < 1.29 is 0 Å². The monoisotopic (exact) mass is 264 g/mol. The van der Waals surface area contributed by atoms with Crippen molar-refractivity contribution in [2.75, 3.05) is 6.54 Å². The van der Waals surface area contributed by atoms with Gasteiger partial charge in [-0.15, -0.1) is 12.4 Å². The van der Waals surface area contributed by atoms with E-state index in [-0.39, 0.29) is 12.4 Å². The van der Waals surface area contributed by atoms with Crippen molar-refractivity contribution in [2.45, 2.75) is 44.1 Å². The Morgan fingerprint density at radius 2 is 1.89 bits per heavy atom. The molecule has 3 heteroatoms. The minimum atomic E-state index is 0. The summed E-state index contributed by atoms with van der Waals surface area (Å²) < 4.78 is 0. The molecule has 1 N–H and O–H groups in total. The molecule has 1 heterocycles. The molecule has 1 aliphatic carbocycles. The third-order valence-electron chi connectivity index (χ3n) is 3.97. The number of hydrogen-bond donors (Lipinski definition) is 1. The van der Waals surface area contributed by atoms with Gasteiger partial charge in [-0.1, -0.05) is 36.8 Å². The van der Waals surface area contributed by atoms with Crippen molar-refractivity contribution in [1.82, 2.24) is 5.32 Å². The Bertz CT molecular complexity index is 402. The average molecular weight is 265 g/mol. The zero-order valence-corrected chi connectivity index (χ0v) is 11.5. The Hall–Kier alpha value is -1.02. The van der Waals surface area contributed by atoms with Gasteiger partial charge in [-0.2, -0.15) is 0 Å². The minimum absolute atomic E-state index is 0. The molecule has 1 aromatic rings. The summed E-state index contributed by atoms with van der Waals surface area (Å²) >= 11 is 0. The van der Waals surface area contributed by atoms with Gasteiger partial charge in [-0.05, 0) is 24.8 Å². The maximum Gasteiger partial charge on any atom is 0.0966 e. The van der Waals surface area contributed by atoms with E-state index in [1.807, 2.05) is 0 Å². The van der Waals surface area contributed by atoms with Crippen LogP contribution in [0.3, 0.4) is 0 Å². The van der Waals surface area contributed by atoms with Crippen LogP contribution in [-0.4, -0.2) is 18.4 Å². The van der Waals surface area contributed by atoms with Crippen LogP contribution >= 0.6 is 12.4 Å².